The number of piperazine rings is 1. The lowest BCUT2D eigenvalue weighted by Gasteiger charge is -2.36. The predicted molar refractivity (Wildman–Crippen MR) is 111 cm³/mol. The summed E-state index contributed by atoms with van der Waals surface area (Å²) >= 11 is 1.48. The number of amides is 2. The molecule has 6 heteroatoms. The molecule has 1 aliphatic carbocycles. The van der Waals surface area contributed by atoms with Gasteiger partial charge in [-0.15, -0.1) is 11.3 Å². The molecule has 1 unspecified atom stereocenters. The fourth-order valence-corrected chi connectivity index (χ4v) is 5.15. The second-order valence-electron chi connectivity index (χ2n) is 7.82. The van der Waals surface area contributed by atoms with Gasteiger partial charge in [0.25, 0.3) is 11.8 Å². The summed E-state index contributed by atoms with van der Waals surface area (Å²) in [6, 6.07) is 12.8. The average Bonchev–Trinajstić information content (AvgIpc) is 3.27. The van der Waals surface area contributed by atoms with E-state index in [0.717, 1.165) is 17.7 Å². The Morgan fingerprint density at radius 1 is 1.07 bits per heavy atom. The maximum absolute atomic E-state index is 12.9. The molecule has 0 spiro atoms. The molecule has 4 rings (SSSR count). The number of nitrogens with zero attached hydrogens (tertiary/aromatic N) is 2. The molecular weight excluding hydrogens is 370 g/mol. The van der Waals surface area contributed by atoms with Crippen LogP contribution in [0.1, 0.15) is 39.7 Å². The fraction of sp³-hybridized carbons (Fsp3) is 0.455. The van der Waals surface area contributed by atoms with Gasteiger partial charge in [-0.1, -0.05) is 30.3 Å². The van der Waals surface area contributed by atoms with Crippen molar-refractivity contribution in [3.05, 3.63) is 57.8 Å². The highest BCUT2D eigenvalue weighted by Gasteiger charge is 2.31. The highest BCUT2D eigenvalue weighted by atomic mass is 32.1. The largest absolute Gasteiger partial charge is 0.334 e. The minimum atomic E-state index is 0.0867. The highest BCUT2D eigenvalue weighted by Crippen LogP contribution is 2.27. The van der Waals surface area contributed by atoms with Crippen molar-refractivity contribution in [1.82, 2.24) is 9.80 Å². The number of hydrogen-bond acceptors (Lipinski definition) is 3. The minimum Gasteiger partial charge on any atom is -0.334 e. The summed E-state index contributed by atoms with van der Waals surface area (Å²) in [5.74, 6) is 0.285. The van der Waals surface area contributed by atoms with Gasteiger partial charge in [-0.25, -0.2) is 0 Å². The van der Waals surface area contributed by atoms with Crippen molar-refractivity contribution in [2.24, 2.45) is 0 Å². The molecule has 2 atom stereocenters. The van der Waals surface area contributed by atoms with Crippen molar-refractivity contribution < 1.29 is 14.5 Å². The Labute approximate surface area is 170 Å². The molecule has 2 aromatic rings. The zero-order valence-electron chi connectivity index (χ0n) is 16.4. The van der Waals surface area contributed by atoms with Crippen LogP contribution in [0.4, 0.5) is 0 Å². The number of nitrogens with one attached hydrogen (secondary N) is 1. The lowest BCUT2D eigenvalue weighted by atomic mass is 9.87. The van der Waals surface area contributed by atoms with Gasteiger partial charge in [0.05, 0.1) is 11.9 Å². The van der Waals surface area contributed by atoms with Gasteiger partial charge < -0.3 is 14.7 Å². The van der Waals surface area contributed by atoms with Crippen molar-refractivity contribution in [3.63, 3.8) is 0 Å². The first-order valence-corrected chi connectivity index (χ1v) is 11.0. The Morgan fingerprint density at radius 2 is 1.82 bits per heavy atom. The smallest absolute Gasteiger partial charge is 0.277 e. The molecule has 0 saturated carbocycles. The number of benzene rings is 1. The molecule has 1 aromatic carbocycles. The third-order valence-electron chi connectivity index (χ3n) is 6.05. The second kappa shape index (κ2) is 8.45. The number of carbonyl (C=O) groups excluding carboxylic acids is 2. The number of hydrogen-bond donors (Lipinski definition) is 1. The maximum atomic E-state index is 12.9. The number of carbonyl (C=O) groups is 2. The fourth-order valence-electron chi connectivity index (χ4n) is 4.45. The Bertz CT molecular complexity index is 828. The molecule has 28 heavy (non-hydrogen) atoms. The number of fused-ring (bicyclic) bond motifs is 1. The Kier molecular flexibility index (Phi) is 5.78. The first-order valence-electron chi connectivity index (χ1n) is 10.1. The quantitative estimate of drug-likeness (QED) is 0.851. The summed E-state index contributed by atoms with van der Waals surface area (Å²) in [5.41, 5.74) is 2.84. The van der Waals surface area contributed by atoms with Gasteiger partial charge in [-0.3, -0.25) is 9.59 Å². The van der Waals surface area contributed by atoms with Crippen LogP contribution in [-0.2, 0) is 11.2 Å². The van der Waals surface area contributed by atoms with E-state index in [1.165, 1.54) is 33.8 Å². The second-order valence-corrected chi connectivity index (χ2v) is 8.76. The van der Waals surface area contributed by atoms with Crippen molar-refractivity contribution >= 4 is 23.2 Å². The molecule has 0 bridgehead atoms. The molecule has 1 N–H and O–H groups in total. The summed E-state index contributed by atoms with van der Waals surface area (Å²) in [6.07, 6.45) is 3.48. The minimum absolute atomic E-state index is 0.0867. The van der Waals surface area contributed by atoms with Crippen LogP contribution in [0.15, 0.2) is 41.8 Å². The van der Waals surface area contributed by atoms with Crippen molar-refractivity contribution in [1.29, 1.82) is 0 Å². The van der Waals surface area contributed by atoms with Crippen molar-refractivity contribution in [2.75, 3.05) is 39.8 Å². The molecule has 5 nitrogen and oxygen atoms in total. The van der Waals surface area contributed by atoms with Crippen LogP contribution in [0, 0.1) is 0 Å². The molecule has 0 radical (unpaired) electrons. The lowest BCUT2D eigenvalue weighted by Crippen LogP contribution is -3.10. The van der Waals surface area contributed by atoms with Crippen LogP contribution in [0.2, 0.25) is 0 Å². The number of rotatable bonds is 4. The first-order chi connectivity index (χ1) is 13.6. The van der Waals surface area contributed by atoms with Crippen LogP contribution in [0.5, 0.6) is 0 Å². The Morgan fingerprint density at radius 3 is 2.57 bits per heavy atom. The molecule has 2 heterocycles. The summed E-state index contributed by atoms with van der Waals surface area (Å²) < 4.78 is 0. The van der Waals surface area contributed by atoms with E-state index < -0.39 is 0 Å². The van der Waals surface area contributed by atoms with Crippen molar-refractivity contribution in [2.45, 2.75) is 25.3 Å². The summed E-state index contributed by atoms with van der Waals surface area (Å²) in [5, 5.41) is 1.93. The third-order valence-corrected chi connectivity index (χ3v) is 6.90. The Balaban J connectivity index is 1.32. The van der Waals surface area contributed by atoms with Crippen LogP contribution in [-0.4, -0.2) is 61.4 Å². The zero-order chi connectivity index (χ0) is 19.5. The molecule has 1 fully saturated rings. The molecule has 1 aromatic heterocycles. The monoisotopic (exact) mass is 398 g/mol. The number of likely N-dealkylation sites (N-methyl/N-ethyl adjacent to an activating group) is 1. The van der Waals surface area contributed by atoms with Crippen molar-refractivity contribution in [3.8, 4) is 0 Å². The normalized spacial score (nSPS) is 20.5. The van der Waals surface area contributed by atoms with E-state index >= 15 is 0 Å². The van der Waals surface area contributed by atoms with Gasteiger partial charge in [0.2, 0.25) is 0 Å². The third kappa shape index (κ3) is 3.98. The van der Waals surface area contributed by atoms with E-state index in [2.05, 4.69) is 31.3 Å². The van der Waals surface area contributed by atoms with Crippen LogP contribution < -0.4 is 4.90 Å². The Hall–Kier alpha value is -2.18. The molecule has 1 aliphatic heterocycles. The van der Waals surface area contributed by atoms with Gasteiger partial charge in [0.15, 0.2) is 6.54 Å². The SMILES string of the molecule is C[NH+](CC(=O)N1CCN(C(=O)c2cccs2)CC1)[C@@H]1CCCc2ccccc21. The van der Waals surface area contributed by atoms with E-state index in [9.17, 15) is 9.59 Å². The average molecular weight is 399 g/mol. The highest BCUT2D eigenvalue weighted by molar-refractivity contribution is 7.12. The zero-order valence-corrected chi connectivity index (χ0v) is 17.2. The lowest BCUT2D eigenvalue weighted by molar-refractivity contribution is -0.905. The van der Waals surface area contributed by atoms with Gasteiger partial charge in [0.1, 0.15) is 6.04 Å². The molecular formula is C22H28N3O2S+. The van der Waals surface area contributed by atoms with E-state index in [0.29, 0.717) is 38.8 Å². The van der Waals surface area contributed by atoms with Gasteiger partial charge in [-0.2, -0.15) is 0 Å². The topological polar surface area (TPSA) is 45.1 Å². The summed E-state index contributed by atoms with van der Waals surface area (Å²) in [7, 11) is 2.14. The first kappa shape index (κ1) is 19.2. The number of aryl methyl sites for hydroxylation is 1. The maximum Gasteiger partial charge on any atom is 0.277 e. The molecule has 2 aliphatic rings. The van der Waals surface area contributed by atoms with Crippen LogP contribution in [0.3, 0.4) is 0 Å². The molecule has 1 saturated heterocycles. The van der Waals surface area contributed by atoms with E-state index in [-0.39, 0.29) is 11.8 Å². The number of thiophene rings is 1. The van der Waals surface area contributed by atoms with Gasteiger partial charge >= 0.3 is 0 Å². The summed E-state index contributed by atoms with van der Waals surface area (Å²) in [4.78, 5) is 31.2. The standard InChI is InChI=1S/C22H27N3O2S/c1-23(19-9-4-7-17-6-2-3-8-18(17)19)16-21(26)24-11-13-25(14-12-24)22(27)20-10-5-15-28-20/h2-3,5-6,8,10,15,19H,4,7,9,11-14,16H2,1H3/p+1/t19-/m1/s1. The van der Waals surface area contributed by atoms with E-state index in [1.54, 1.807) is 0 Å². The van der Waals surface area contributed by atoms with Crippen LogP contribution >= 0.6 is 11.3 Å². The van der Waals surface area contributed by atoms with Gasteiger partial charge in [0, 0.05) is 38.2 Å². The van der Waals surface area contributed by atoms with Gasteiger partial charge in [-0.05, 0) is 29.9 Å². The molecule has 2 amide bonds. The number of quaternary nitrogens is 1. The van der Waals surface area contributed by atoms with E-state index in [1.807, 2.05) is 27.3 Å². The van der Waals surface area contributed by atoms with Crippen LogP contribution in [0.25, 0.3) is 0 Å². The van der Waals surface area contributed by atoms with E-state index in [4.69, 9.17) is 0 Å². The summed E-state index contributed by atoms with van der Waals surface area (Å²) in [6.45, 7) is 3.01. The predicted octanol–water partition coefficient (Wildman–Crippen LogP) is 1.62. The molecule has 148 valence electrons.